The first kappa shape index (κ1) is 18.0. The van der Waals surface area contributed by atoms with Crippen molar-refractivity contribution in [3.63, 3.8) is 0 Å². The van der Waals surface area contributed by atoms with E-state index in [1.54, 1.807) is 0 Å². The van der Waals surface area contributed by atoms with Crippen LogP contribution in [0, 0.1) is 5.92 Å². The summed E-state index contributed by atoms with van der Waals surface area (Å²) in [6, 6.07) is 1.01. The molecule has 1 saturated heterocycles. The van der Waals surface area contributed by atoms with Gasteiger partial charge in [-0.3, -0.25) is 9.59 Å². The van der Waals surface area contributed by atoms with Crippen molar-refractivity contribution in [2.24, 2.45) is 5.92 Å². The molecule has 1 amide bonds. The Labute approximate surface area is 128 Å². The maximum Gasteiger partial charge on any atom is 0.290 e. The van der Waals surface area contributed by atoms with Crippen LogP contribution in [0.1, 0.15) is 58.8 Å². The van der Waals surface area contributed by atoms with Crippen molar-refractivity contribution < 1.29 is 14.7 Å². The molecular formula is C16H30N2O3. The van der Waals surface area contributed by atoms with E-state index in [4.69, 9.17) is 9.90 Å². The molecule has 122 valence electrons. The van der Waals surface area contributed by atoms with Crippen LogP contribution >= 0.6 is 0 Å². The number of amides is 1. The summed E-state index contributed by atoms with van der Waals surface area (Å²) in [7, 11) is 0. The first-order valence-electron chi connectivity index (χ1n) is 8.25. The highest BCUT2D eigenvalue weighted by Gasteiger charge is 2.41. The largest absolute Gasteiger partial charge is 0.483 e. The number of fused-ring (bicyclic) bond motifs is 1. The first-order valence-corrected chi connectivity index (χ1v) is 8.25. The van der Waals surface area contributed by atoms with Crippen LogP contribution in [0.2, 0.25) is 0 Å². The summed E-state index contributed by atoms with van der Waals surface area (Å²) in [6.07, 6.45) is 8.82. The van der Waals surface area contributed by atoms with E-state index in [0.717, 1.165) is 18.9 Å². The topological polar surface area (TPSA) is 69.6 Å². The fourth-order valence-corrected chi connectivity index (χ4v) is 3.73. The summed E-state index contributed by atoms with van der Waals surface area (Å²) in [5.41, 5.74) is 0. The molecule has 1 saturated carbocycles. The zero-order chi connectivity index (χ0) is 15.7. The monoisotopic (exact) mass is 298 g/mol. The van der Waals surface area contributed by atoms with Crippen LogP contribution in [0.5, 0.6) is 0 Å². The van der Waals surface area contributed by atoms with Gasteiger partial charge in [0.2, 0.25) is 5.91 Å². The normalized spacial score (nSPS) is 27.5. The second kappa shape index (κ2) is 9.77. The van der Waals surface area contributed by atoms with Gasteiger partial charge >= 0.3 is 0 Å². The number of likely N-dealkylation sites (tertiary alicyclic amines) is 1. The van der Waals surface area contributed by atoms with Gasteiger partial charge in [-0.1, -0.05) is 26.2 Å². The number of nitrogens with zero attached hydrogens (tertiary/aromatic N) is 1. The molecule has 0 aromatic rings. The van der Waals surface area contributed by atoms with Crippen LogP contribution in [-0.4, -0.2) is 47.6 Å². The van der Waals surface area contributed by atoms with Crippen LogP contribution in [0.3, 0.4) is 0 Å². The molecule has 0 aromatic heterocycles. The minimum atomic E-state index is -0.250. The molecule has 1 heterocycles. The first-order chi connectivity index (χ1) is 10.2. The Balaban J connectivity index is 0.000000677. The highest BCUT2D eigenvalue weighted by Crippen LogP contribution is 2.39. The van der Waals surface area contributed by atoms with E-state index in [0.29, 0.717) is 24.5 Å². The summed E-state index contributed by atoms with van der Waals surface area (Å²) in [6.45, 7) is 5.66. The predicted molar refractivity (Wildman–Crippen MR) is 83.1 cm³/mol. The van der Waals surface area contributed by atoms with Crippen molar-refractivity contribution >= 4 is 12.4 Å². The van der Waals surface area contributed by atoms with Crippen LogP contribution in [0.4, 0.5) is 0 Å². The van der Waals surface area contributed by atoms with E-state index < -0.39 is 0 Å². The number of carbonyl (C=O) groups is 2. The van der Waals surface area contributed by atoms with E-state index >= 15 is 0 Å². The van der Waals surface area contributed by atoms with Crippen molar-refractivity contribution in [2.75, 3.05) is 13.1 Å². The average Bonchev–Trinajstić information content (AvgIpc) is 2.80. The van der Waals surface area contributed by atoms with Gasteiger partial charge in [-0.05, 0) is 45.1 Å². The molecule has 1 aliphatic heterocycles. The van der Waals surface area contributed by atoms with Crippen LogP contribution < -0.4 is 5.32 Å². The van der Waals surface area contributed by atoms with Gasteiger partial charge < -0.3 is 15.3 Å². The maximum atomic E-state index is 12.3. The van der Waals surface area contributed by atoms with Gasteiger partial charge in [0.05, 0.1) is 6.54 Å². The minimum absolute atomic E-state index is 0.250. The Kier molecular flexibility index (Phi) is 8.35. The van der Waals surface area contributed by atoms with Crippen molar-refractivity contribution in [3.8, 4) is 0 Å². The molecule has 1 aliphatic carbocycles. The lowest BCUT2D eigenvalue weighted by molar-refractivity contribution is -0.133. The molecule has 2 fully saturated rings. The molecule has 0 radical (unpaired) electrons. The molecule has 5 nitrogen and oxygen atoms in total. The zero-order valence-corrected chi connectivity index (χ0v) is 13.4. The number of hydrogen-bond donors (Lipinski definition) is 2. The summed E-state index contributed by atoms with van der Waals surface area (Å²) in [5.74, 6) is 1.11. The summed E-state index contributed by atoms with van der Waals surface area (Å²) in [5, 5.41) is 10.2. The Morgan fingerprint density at radius 3 is 2.71 bits per heavy atom. The number of carboxylic acid groups (broad SMARTS) is 1. The van der Waals surface area contributed by atoms with Gasteiger partial charge in [0, 0.05) is 12.1 Å². The Morgan fingerprint density at radius 2 is 2.05 bits per heavy atom. The third-order valence-electron chi connectivity index (χ3n) is 4.62. The summed E-state index contributed by atoms with van der Waals surface area (Å²) >= 11 is 0. The summed E-state index contributed by atoms with van der Waals surface area (Å²) in [4.78, 5) is 22.9. The molecule has 21 heavy (non-hydrogen) atoms. The van der Waals surface area contributed by atoms with Crippen molar-refractivity contribution in [2.45, 2.75) is 70.9 Å². The number of rotatable bonds is 5. The molecule has 0 bridgehead atoms. The fraction of sp³-hybridized carbons (Fsp3) is 0.875. The quantitative estimate of drug-likeness (QED) is 0.603. The summed E-state index contributed by atoms with van der Waals surface area (Å²) < 4.78 is 0. The number of hydrogen-bond acceptors (Lipinski definition) is 3. The lowest BCUT2D eigenvalue weighted by Crippen LogP contribution is -2.46. The molecule has 2 rings (SSSR count). The fourth-order valence-electron chi connectivity index (χ4n) is 3.73. The Bertz CT molecular complexity index is 323. The highest BCUT2D eigenvalue weighted by atomic mass is 16.3. The molecule has 0 spiro atoms. The third-order valence-corrected chi connectivity index (χ3v) is 4.62. The van der Waals surface area contributed by atoms with Crippen molar-refractivity contribution in [1.29, 1.82) is 0 Å². The molecule has 3 atom stereocenters. The second-order valence-corrected chi connectivity index (χ2v) is 6.13. The second-order valence-electron chi connectivity index (χ2n) is 6.13. The zero-order valence-electron chi connectivity index (χ0n) is 13.4. The van der Waals surface area contributed by atoms with E-state index in [2.05, 4.69) is 24.1 Å². The smallest absolute Gasteiger partial charge is 0.290 e. The molecule has 2 aliphatic rings. The molecule has 5 heteroatoms. The van der Waals surface area contributed by atoms with E-state index in [1.165, 1.54) is 38.5 Å². The van der Waals surface area contributed by atoms with Gasteiger partial charge in [-0.25, -0.2) is 0 Å². The Hall–Kier alpha value is -1.10. The van der Waals surface area contributed by atoms with Crippen molar-refractivity contribution in [3.05, 3.63) is 0 Å². The average molecular weight is 298 g/mol. The van der Waals surface area contributed by atoms with Gasteiger partial charge in [0.25, 0.3) is 6.47 Å². The lowest BCUT2D eigenvalue weighted by Gasteiger charge is -2.33. The molecule has 2 unspecified atom stereocenters. The van der Waals surface area contributed by atoms with Gasteiger partial charge in [-0.15, -0.1) is 0 Å². The lowest BCUT2D eigenvalue weighted by atomic mass is 9.85. The van der Waals surface area contributed by atoms with E-state index in [-0.39, 0.29) is 6.47 Å². The Morgan fingerprint density at radius 1 is 1.38 bits per heavy atom. The molecule has 2 N–H and O–H groups in total. The SMILES string of the molecule is CCCCNCC(=O)N1C(C)C[C@@H]2CCCCC21.O=CO. The minimum Gasteiger partial charge on any atom is -0.483 e. The third kappa shape index (κ3) is 5.30. The molecular weight excluding hydrogens is 268 g/mol. The molecule has 0 aromatic carbocycles. The van der Waals surface area contributed by atoms with E-state index in [9.17, 15) is 4.79 Å². The highest BCUT2D eigenvalue weighted by molar-refractivity contribution is 5.79. The van der Waals surface area contributed by atoms with Crippen LogP contribution in [0.25, 0.3) is 0 Å². The standard InChI is InChI=1S/C15H28N2O.CH2O2/c1-3-4-9-16-11-15(18)17-12(2)10-13-7-5-6-8-14(13)17;2-1-3/h12-14,16H,3-11H2,1-2H3;1H,(H,2,3)/t12?,13-,14?;/m0./s1. The number of carbonyl (C=O) groups excluding carboxylic acids is 1. The van der Waals surface area contributed by atoms with E-state index in [1.807, 2.05) is 0 Å². The van der Waals surface area contributed by atoms with Gasteiger partial charge in [-0.2, -0.15) is 0 Å². The van der Waals surface area contributed by atoms with Gasteiger partial charge in [0.1, 0.15) is 0 Å². The van der Waals surface area contributed by atoms with Gasteiger partial charge in [0.15, 0.2) is 0 Å². The number of nitrogens with one attached hydrogen (secondary N) is 1. The van der Waals surface area contributed by atoms with Crippen LogP contribution in [0.15, 0.2) is 0 Å². The van der Waals surface area contributed by atoms with Crippen LogP contribution in [-0.2, 0) is 9.59 Å². The number of unbranched alkanes of at least 4 members (excludes halogenated alkanes) is 1. The maximum absolute atomic E-state index is 12.3. The predicted octanol–water partition coefficient (Wildman–Crippen LogP) is 2.26. The van der Waals surface area contributed by atoms with Crippen molar-refractivity contribution in [1.82, 2.24) is 10.2 Å².